The highest BCUT2D eigenvalue weighted by Crippen LogP contribution is 2.36. The van der Waals surface area contributed by atoms with Gasteiger partial charge in [0.05, 0.1) is 11.4 Å². The molecule has 3 amide bonds. The van der Waals surface area contributed by atoms with Crippen LogP contribution in [0.2, 0.25) is 0 Å². The van der Waals surface area contributed by atoms with Gasteiger partial charge in [0, 0.05) is 40.3 Å². The number of piperidine rings is 2. The van der Waals surface area contributed by atoms with Gasteiger partial charge in [-0.05, 0) is 69.8 Å². The lowest BCUT2D eigenvalue weighted by Gasteiger charge is -2.36. The average molecular weight is 505 g/mol. The predicted octanol–water partition coefficient (Wildman–Crippen LogP) is 3.13. The maximum atomic E-state index is 12.4. The summed E-state index contributed by atoms with van der Waals surface area (Å²) in [4.78, 5) is 41.4. The van der Waals surface area contributed by atoms with Gasteiger partial charge in [-0.15, -0.1) is 0 Å². The van der Waals surface area contributed by atoms with Gasteiger partial charge in [-0.2, -0.15) is 0 Å². The van der Waals surface area contributed by atoms with Gasteiger partial charge in [-0.25, -0.2) is 0 Å². The molecule has 0 saturated carbocycles. The van der Waals surface area contributed by atoms with Crippen molar-refractivity contribution in [2.75, 3.05) is 56.7 Å². The SMILES string of the molecule is CC.CCOC(CN1CCC(c2ccc(N(C)C3CCC(=O)NC3=O)c(N(C)C=O)c2)CC1)OCC. The second-order valence-electron chi connectivity index (χ2n) is 8.96. The average Bonchev–Trinajstić information content (AvgIpc) is 2.89. The van der Waals surface area contributed by atoms with Gasteiger partial charge in [0.2, 0.25) is 18.2 Å². The highest BCUT2D eigenvalue weighted by molar-refractivity contribution is 6.02. The van der Waals surface area contributed by atoms with E-state index in [0.717, 1.165) is 50.3 Å². The van der Waals surface area contributed by atoms with E-state index >= 15 is 0 Å². The van der Waals surface area contributed by atoms with Gasteiger partial charge < -0.3 is 19.3 Å². The molecule has 2 heterocycles. The number of carbonyl (C=O) groups is 3. The van der Waals surface area contributed by atoms with Crippen molar-refractivity contribution < 1.29 is 23.9 Å². The Morgan fingerprint density at radius 3 is 2.25 bits per heavy atom. The summed E-state index contributed by atoms with van der Waals surface area (Å²) in [5.74, 6) is -0.148. The number of nitrogens with one attached hydrogen (secondary N) is 1. The molecule has 202 valence electrons. The molecule has 1 aromatic carbocycles. The molecule has 1 aromatic rings. The molecule has 2 saturated heterocycles. The monoisotopic (exact) mass is 504 g/mol. The third-order valence-electron chi connectivity index (χ3n) is 6.77. The van der Waals surface area contributed by atoms with Crippen LogP contribution in [0.5, 0.6) is 0 Å². The van der Waals surface area contributed by atoms with Crippen LogP contribution in [0, 0.1) is 0 Å². The van der Waals surface area contributed by atoms with E-state index in [9.17, 15) is 14.4 Å². The topological polar surface area (TPSA) is 91.4 Å². The lowest BCUT2D eigenvalue weighted by Crippen LogP contribution is -2.51. The Hall–Kier alpha value is -2.49. The van der Waals surface area contributed by atoms with E-state index in [0.29, 0.717) is 32.0 Å². The molecule has 1 atom stereocenters. The minimum absolute atomic E-state index is 0.193. The number of imide groups is 1. The van der Waals surface area contributed by atoms with Crippen LogP contribution in [0.25, 0.3) is 0 Å². The van der Waals surface area contributed by atoms with Gasteiger partial charge in [0.25, 0.3) is 0 Å². The van der Waals surface area contributed by atoms with Crippen LogP contribution in [0.3, 0.4) is 0 Å². The molecule has 1 unspecified atom stereocenters. The number of anilines is 2. The number of likely N-dealkylation sites (tertiary alicyclic amines) is 1. The van der Waals surface area contributed by atoms with Crippen LogP contribution < -0.4 is 15.1 Å². The molecule has 9 heteroatoms. The number of benzene rings is 1. The summed E-state index contributed by atoms with van der Waals surface area (Å²) in [7, 11) is 3.56. The Morgan fingerprint density at radius 2 is 1.69 bits per heavy atom. The lowest BCUT2D eigenvalue weighted by atomic mass is 9.88. The van der Waals surface area contributed by atoms with E-state index in [4.69, 9.17) is 9.47 Å². The minimum atomic E-state index is -0.450. The summed E-state index contributed by atoms with van der Waals surface area (Å²) in [5, 5.41) is 2.41. The zero-order chi connectivity index (χ0) is 26.7. The molecule has 1 N–H and O–H groups in total. The highest BCUT2D eigenvalue weighted by Gasteiger charge is 2.32. The summed E-state index contributed by atoms with van der Waals surface area (Å²) in [6.45, 7) is 11.9. The standard InChI is InChI=1S/C25H38N4O5.C2H6/c1-5-33-24(34-6-2)16-29-13-11-18(12-14-29)19-7-8-20(22(15-19)27(3)17-30)28(4)21-9-10-23(31)26-25(21)32;1-2/h7-8,15,17-18,21,24H,5-6,9-14,16H2,1-4H3,(H,26,31,32);1-2H3. The number of likely N-dealkylation sites (N-methyl/N-ethyl adjacent to an activating group) is 1. The largest absolute Gasteiger partial charge is 0.361 e. The van der Waals surface area contributed by atoms with Crippen LogP contribution in [0.4, 0.5) is 11.4 Å². The summed E-state index contributed by atoms with van der Waals surface area (Å²) < 4.78 is 11.4. The first-order chi connectivity index (χ1) is 17.4. The maximum absolute atomic E-state index is 12.4. The van der Waals surface area contributed by atoms with Gasteiger partial charge >= 0.3 is 0 Å². The van der Waals surface area contributed by atoms with Crippen molar-refractivity contribution in [3.8, 4) is 0 Å². The van der Waals surface area contributed by atoms with Crippen molar-refractivity contribution in [3.63, 3.8) is 0 Å². The smallest absolute Gasteiger partial charge is 0.249 e. The van der Waals surface area contributed by atoms with Crippen LogP contribution >= 0.6 is 0 Å². The number of ether oxygens (including phenoxy) is 2. The molecular formula is C27H44N4O5. The van der Waals surface area contributed by atoms with E-state index in [1.165, 1.54) is 5.56 Å². The molecule has 0 aliphatic carbocycles. The molecule has 3 rings (SSSR count). The normalized spacial score (nSPS) is 18.9. The Kier molecular flexibility index (Phi) is 12.3. The Morgan fingerprint density at radius 1 is 1.06 bits per heavy atom. The molecule has 36 heavy (non-hydrogen) atoms. The highest BCUT2D eigenvalue weighted by atomic mass is 16.7. The summed E-state index contributed by atoms with van der Waals surface area (Å²) in [6.07, 6.45) is 3.38. The first kappa shape index (κ1) is 29.7. The van der Waals surface area contributed by atoms with E-state index in [1.54, 1.807) is 11.9 Å². The van der Waals surface area contributed by atoms with Crippen molar-refractivity contribution in [2.24, 2.45) is 0 Å². The molecule has 0 aromatic heterocycles. The molecular weight excluding hydrogens is 460 g/mol. The predicted molar refractivity (Wildman–Crippen MR) is 142 cm³/mol. The number of nitrogens with zero attached hydrogens (tertiary/aromatic N) is 3. The lowest BCUT2D eigenvalue weighted by molar-refractivity contribution is -0.148. The van der Waals surface area contributed by atoms with E-state index in [1.807, 2.05) is 45.7 Å². The van der Waals surface area contributed by atoms with Crippen LogP contribution in [0.1, 0.15) is 64.9 Å². The van der Waals surface area contributed by atoms with Crippen molar-refractivity contribution >= 4 is 29.6 Å². The Bertz CT molecular complexity index is 851. The van der Waals surface area contributed by atoms with Crippen LogP contribution in [-0.4, -0.2) is 82.4 Å². The van der Waals surface area contributed by atoms with E-state index < -0.39 is 6.04 Å². The fraction of sp³-hybridized carbons (Fsp3) is 0.667. The van der Waals surface area contributed by atoms with Crippen molar-refractivity contribution in [2.45, 2.75) is 71.6 Å². The van der Waals surface area contributed by atoms with Gasteiger partial charge in [0.15, 0.2) is 6.29 Å². The fourth-order valence-corrected chi connectivity index (χ4v) is 4.84. The second-order valence-corrected chi connectivity index (χ2v) is 8.96. The van der Waals surface area contributed by atoms with Crippen molar-refractivity contribution in [1.29, 1.82) is 0 Å². The minimum Gasteiger partial charge on any atom is -0.361 e. The van der Waals surface area contributed by atoms with Gasteiger partial charge in [-0.3, -0.25) is 24.6 Å². The van der Waals surface area contributed by atoms with Crippen LogP contribution in [0.15, 0.2) is 18.2 Å². The quantitative estimate of drug-likeness (QED) is 0.281. The van der Waals surface area contributed by atoms with Gasteiger partial charge in [0.1, 0.15) is 6.04 Å². The number of rotatable bonds is 11. The Balaban J connectivity index is 0.00000222. The first-order valence-corrected chi connectivity index (χ1v) is 13.2. The first-order valence-electron chi connectivity index (χ1n) is 13.2. The zero-order valence-electron chi connectivity index (χ0n) is 22.8. The molecule has 2 aliphatic heterocycles. The summed E-state index contributed by atoms with van der Waals surface area (Å²) in [5.41, 5.74) is 2.74. The molecule has 2 aliphatic rings. The molecule has 0 bridgehead atoms. The maximum Gasteiger partial charge on any atom is 0.249 e. The Labute approximate surface area is 216 Å². The summed E-state index contributed by atoms with van der Waals surface area (Å²) in [6, 6.07) is 5.70. The number of hydrogen-bond donors (Lipinski definition) is 1. The van der Waals surface area contributed by atoms with Crippen molar-refractivity contribution in [1.82, 2.24) is 10.2 Å². The van der Waals surface area contributed by atoms with E-state index in [2.05, 4.69) is 22.3 Å². The van der Waals surface area contributed by atoms with Crippen LogP contribution in [-0.2, 0) is 23.9 Å². The molecule has 9 nitrogen and oxygen atoms in total. The zero-order valence-corrected chi connectivity index (χ0v) is 22.8. The third-order valence-corrected chi connectivity index (χ3v) is 6.77. The van der Waals surface area contributed by atoms with Crippen molar-refractivity contribution in [3.05, 3.63) is 23.8 Å². The molecule has 2 fully saturated rings. The number of carbonyl (C=O) groups excluding carboxylic acids is 3. The fourth-order valence-electron chi connectivity index (χ4n) is 4.84. The third kappa shape index (κ3) is 7.75. The van der Waals surface area contributed by atoms with E-state index in [-0.39, 0.29) is 18.1 Å². The number of amides is 3. The van der Waals surface area contributed by atoms with Gasteiger partial charge in [-0.1, -0.05) is 19.9 Å². The number of hydrogen-bond acceptors (Lipinski definition) is 7. The molecule has 0 radical (unpaired) electrons. The second kappa shape index (κ2) is 14.9. The summed E-state index contributed by atoms with van der Waals surface area (Å²) >= 11 is 0. The molecule has 0 spiro atoms.